The van der Waals surface area contributed by atoms with Crippen molar-refractivity contribution < 1.29 is 38.9 Å². The Hall–Kier alpha value is -4.48. The highest BCUT2D eigenvalue weighted by atomic mass is 16.6. The van der Waals surface area contributed by atoms with Crippen LogP contribution in [0.3, 0.4) is 0 Å². The summed E-state index contributed by atoms with van der Waals surface area (Å²) in [7, 11) is 0. The number of ether oxygens (including phenoxy) is 1. The van der Waals surface area contributed by atoms with Crippen LogP contribution in [0.15, 0.2) is 36.4 Å². The number of hydrogen-bond acceptors (Lipinski definition) is 7. The molecule has 2 heterocycles. The van der Waals surface area contributed by atoms with Gasteiger partial charge in [-0.2, -0.15) is 0 Å². The van der Waals surface area contributed by atoms with Crippen LogP contribution >= 0.6 is 0 Å². The van der Waals surface area contributed by atoms with E-state index >= 15 is 0 Å². The van der Waals surface area contributed by atoms with Crippen molar-refractivity contribution in [2.24, 2.45) is 0 Å². The highest BCUT2D eigenvalue weighted by Crippen LogP contribution is 2.20. The van der Waals surface area contributed by atoms with Crippen LogP contribution in [0.25, 0.3) is 17.0 Å². The second-order valence-electron chi connectivity index (χ2n) is 8.26. The molecule has 1 aromatic carbocycles. The summed E-state index contributed by atoms with van der Waals surface area (Å²) >= 11 is 0. The molecular formula is C25H28N4O8. The van der Waals surface area contributed by atoms with Crippen LogP contribution in [0.5, 0.6) is 0 Å². The number of nitrogens with zero attached hydrogens (tertiary/aromatic N) is 3. The molecule has 1 aromatic heterocycles. The Morgan fingerprint density at radius 1 is 1.08 bits per heavy atom. The lowest BCUT2D eigenvalue weighted by atomic mass is 10.1. The number of aromatic nitrogens is 1. The number of nitrogens with one attached hydrogen (secondary N) is 1. The van der Waals surface area contributed by atoms with E-state index in [0.29, 0.717) is 16.5 Å². The van der Waals surface area contributed by atoms with Crippen molar-refractivity contribution in [1.82, 2.24) is 20.1 Å². The summed E-state index contributed by atoms with van der Waals surface area (Å²) in [4.78, 5) is 67.8. The second kappa shape index (κ2) is 12.5. The third-order valence-electron chi connectivity index (χ3n) is 5.75. The first-order valence-electron chi connectivity index (χ1n) is 11.7. The predicted molar refractivity (Wildman–Crippen MR) is 132 cm³/mol. The number of amides is 3. The zero-order chi connectivity index (χ0) is 26.9. The second-order valence-corrected chi connectivity index (χ2v) is 8.26. The minimum absolute atomic E-state index is 0.0519. The maximum absolute atomic E-state index is 13.2. The van der Waals surface area contributed by atoms with Gasteiger partial charge in [-0.05, 0) is 37.1 Å². The van der Waals surface area contributed by atoms with Crippen LogP contribution in [-0.2, 0) is 19.1 Å². The molecule has 3 N–H and O–H groups in total. The van der Waals surface area contributed by atoms with E-state index in [0.717, 1.165) is 6.08 Å². The zero-order valence-electron chi connectivity index (χ0n) is 20.3. The molecule has 0 saturated carbocycles. The summed E-state index contributed by atoms with van der Waals surface area (Å²) in [6.45, 7) is 2.83. The topological polar surface area (TPSA) is 166 Å². The van der Waals surface area contributed by atoms with Gasteiger partial charge in [-0.3, -0.25) is 14.4 Å². The van der Waals surface area contributed by atoms with Crippen molar-refractivity contribution in [2.45, 2.75) is 25.8 Å². The first-order chi connectivity index (χ1) is 17.7. The Morgan fingerprint density at radius 3 is 2.41 bits per heavy atom. The van der Waals surface area contributed by atoms with Gasteiger partial charge in [-0.1, -0.05) is 18.2 Å². The number of aliphatic carboxylic acids is 2. The highest BCUT2D eigenvalue weighted by Gasteiger charge is 2.31. The molecule has 196 valence electrons. The molecule has 1 atom stereocenters. The quantitative estimate of drug-likeness (QED) is 0.423. The summed E-state index contributed by atoms with van der Waals surface area (Å²) in [6.07, 6.45) is 1.33. The molecule has 0 aliphatic carbocycles. The Labute approximate surface area is 212 Å². The predicted octanol–water partition coefficient (Wildman–Crippen LogP) is 1.60. The number of carboxylic acids is 2. The summed E-state index contributed by atoms with van der Waals surface area (Å²) in [5, 5.41) is 21.4. The molecule has 1 unspecified atom stereocenters. The largest absolute Gasteiger partial charge is 0.481 e. The van der Waals surface area contributed by atoms with Crippen LogP contribution in [0, 0.1) is 0 Å². The van der Waals surface area contributed by atoms with Gasteiger partial charge in [0.05, 0.1) is 12.1 Å². The van der Waals surface area contributed by atoms with Gasteiger partial charge < -0.3 is 30.1 Å². The number of piperazine rings is 1. The van der Waals surface area contributed by atoms with Crippen LogP contribution in [0.4, 0.5) is 4.79 Å². The SMILES string of the molecule is CCOC(=O)N1CCN(C(=O)C(CCC(=O)O)NC(=O)c2cc(/C=C/C(=O)O)c3ccccc3n2)CC1. The van der Waals surface area contributed by atoms with Gasteiger partial charge in [0.2, 0.25) is 5.91 Å². The minimum Gasteiger partial charge on any atom is -0.481 e. The molecule has 0 radical (unpaired) electrons. The van der Waals surface area contributed by atoms with Gasteiger partial charge >= 0.3 is 18.0 Å². The number of carboxylic acid groups (broad SMARTS) is 2. The molecule has 37 heavy (non-hydrogen) atoms. The lowest BCUT2D eigenvalue weighted by Gasteiger charge is -2.35. The van der Waals surface area contributed by atoms with Gasteiger partial charge in [0.15, 0.2) is 0 Å². The molecule has 1 saturated heterocycles. The highest BCUT2D eigenvalue weighted by molar-refractivity contribution is 6.00. The van der Waals surface area contributed by atoms with E-state index in [-0.39, 0.29) is 51.3 Å². The fourth-order valence-corrected chi connectivity index (χ4v) is 3.92. The average Bonchev–Trinajstić information content (AvgIpc) is 2.89. The van der Waals surface area contributed by atoms with E-state index in [1.54, 1.807) is 31.2 Å². The van der Waals surface area contributed by atoms with Gasteiger partial charge in [0.1, 0.15) is 11.7 Å². The number of rotatable bonds is 9. The molecule has 12 nitrogen and oxygen atoms in total. The van der Waals surface area contributed by atoms with E-state index in [1.807, 2.05) is 0 Å². The number of carbonyl (C=O) groups excluding carboxylic acids is 3. The van der Waals surface area contributed by atoms with Gasteiger partial charge in [0, 0.05) is 44.1 Å². The lowest BCUT2D eigenvalue weighted by molar-refractivity contribution is -0.138. The number of fused-ring (bicyclic) bond motifs is 1. The van der Waals surface area contributed by atoms with Crippen LogP contribution in [0.2, 0.25) is 0 Å². The molecule has 3 amide bonds. The van der Waals surface area contributed by atoms with Crippen LogP contribution in [0.1, 0.15) is 35.8 Å². The number of pyridine rings is 1. The minimum atomic E-state index is -1.16. The number of para-hydroxylation sites is 1. The normalized spacial score (nSPS) is 14.4. The standard InChI is InChI=1S/C25H28N4O8/c1-2-37-25(36)29-13-11-28(12-14-29)24(35)19(8-10-22(32)33)27-23(34)20-15-16(7-9-21(30)31)17-5-3-4-6-18(17)26-20/h3-7,9,15,19H,2,8,10-14H2,1H3,(H,27,34)(H,30,31)(H,32,33)/b9-7+. The van der Waals surface area contributed by atoms with Gasteiger partial charge in [-0.15, -0.1) is 0 Å². The fourth-order valence-electron chi connectivity index (χ4n) is 3.92. The summed E-state index contributed by atoms with van der Waals surface area (Å²) < 4.78 is 4.98. The Morgan fingerprint density at radius 2 is 1.76 bits per heavy atom. The van der Waals surface area contributed by atoms with E-state index in [4.69, 9.17) is 14.9 Å². The lowest BCUT2D eigenvalue weighted by Crippen LogP contribution is -2.56. The summed E-state index contributed by atoms with van der Waals surface area (Å²) in [5.41, 5.74) is 0.842. The molecule has 3 rings (SSSR count). The first kappa shape index (κ1) is 27.1. The number of benzene rings is 1. The fraction of sp³-hybridized carbons (Fsp3) is 0.360. The number of hydrogen-bond donors (Lipinski definition) is 3. The third kappa shape index (κ3) is 7.26. The Bertz CT molecular complexity index is 1220. The molecule has 1 aliphatic rings. The molecule has 0 spiro atoms. The van der Waals surface area contributed by atoms with E-state index in [2.05, 4.69) is 10.3 Å². The van der Waals surface area contributed by atoms with E-state index in [1.165, 1.54) is 21.9 Å². The molecular weight excluding hydrogens is 484 g/mol. The van der Waals surface area contributed by atoms with E-state index < -0.39 is 35.9 Å². The molecule has 0 bridgehead atoms. The van der Waals surface area contributed by atoms with Crippen molar-refractivity contribution >= 4 is 46.8 Å². The van der Waals surface area contributed by atoms with Gasteiger partial charge in [-0.25, -0.2) is 14.6 Å². The first-order valence-corrected chi connectivity index (χ1v) is 11.7. The number of carbonyl (C=O) groups is 5. The van der Waals surface area contributed by atoms with Crippen molar-refractivity contribution in [3.05, 3.63) is 47.7 Å². The van der Waals surface area contributed by atoms with Crippen molar-refractivity contribution in [3.63, 3.8) is 0 Å². The average molecular weight is 513 g/mol. The van der Waals surface area contributed by atoms with Gasteiger partial charge in [0.25, 0.3) is 5.91 Å². The summed E-state index contributed by atoms with van der Waals surface area (Å²) in [5.74, 6) is -3.45. The zero-order valence-corrected chi connectivity index (χ0v) is 20.3. The summed E-state index contributed by atoms with van der Waals surface area (Å²) in [6, 6.07) is 7.15. The maximum Gasteiger partial charge on any atom is 0.409 e. The van der Waals surface area contributed by atoms with Crippen molar-refractivity contribution in [2.75, 3.05) is 32.8 Å². The molecule has 2 aromatic rings. The van der Waals surface area contributed by atoms with Crippen molar-refractivity contribution in [3.8, 4) is 0 Å². The maximum atomic E-state index is 13.2. The van der Waals surface area contributed by atoms with Crippen molar-refractivity contribution in [1.29, 1.82) is 0 Å². The smallest absolute Gasteiger partial charge is 0.409 e. The third-order valence-corrected chi connectivity index (χ3v) is 5.75. The molecule has 1 fully saturated rings. The Balaban J connectivity index is 1.80. The van der Waals surface area contributed by atoms with Crippen LogP contribution in [-0.4, -0.2) is 93.7 Å². The van der Waals surface area contributed by atoms with Crippen LogP contribution < -0.4 is 5.32 Å². The molecule has 12 heteroatoms. The molecule has 1 aliphatic heterocycles. The van der Waals surface area contributed by atoms with E-state index in [9.17, 15) is 24.0 Å². The Kier molecular flexibility index (Phi) is 9.14. The monoisotopic (exact) mass is 512 g/mol.